The van der Waals surface area contributed by atoms with Gasteiger partial charge < -0.3 is 4.57 Å². The van der Waals surface area contributed by atoms with Gasteiger partial charge in [0, 0.05) is 13.6 Å². The van der Waals surface area contributed by atoms with Gasteiger partial charge in [0.25, 0.3) is 0 Å². The average Bonchev–Trinajstić information content (AvgIpc) is 3.16. The van der Waals surface area contributed by atoms with Crippen LogP contribution in [0.3, 0.4) is 0 Å². The number of piperidine rings is 1. The Morgan fingerprint density at radius 1 is 1.35 bits per heavy atom. The smallest absolute Gasteiger partial charge is 0.198 e. The fourth-order valence-electron chi connectivity index (χ4n) is 3.39. The van der Waals surface area contributed by atoms with Gasteiger partial charge in [0.2, 0.25) is 0 Å². The summed E-state index contributed by atoms with van der Waals surface area (Å²) in [5.41, 5.74) is 1.07. The standard InChI is InChI=1S/C18H23N5S3/c1-13-6-5-9-22(10-13)12-23-18(24)21(2)16(20-23)11-25-17-19-14-7-3-4-8-15(14)26-17/h3-4,7-8,13H,5-6,9-12H2,1-2H3. The molecule has 3 aromatic rings. The summed E-state index contributed by atoms with van der Waals surface area (Å²) in [7, 11) is 2.01. The molecule has 0 amide bonds. The Balaban J connectivity index is 1.46. The Morgan fingerprint density at radius 2 is 2.19 bits per heavy atom. The highest BCUT2D eigenvalue weighted by Gasteiger charge is 2.18. The van der Waals surface area contributed by atoms with Crippen molar-refractivity contribution < 1.29 is 0 Å². The Kier molecular flexibility index (Phi) is 5.45. The van der Waals surface area contributed by atoms with Crippen LogP contribution in [0.2, 0.25) is 0 Å². The molecule has 1 unspecified atom stereocenters. The van der Waals surface area contributed by atoms with Crippen molar-refractivity contribution in [2.24, 2.45) is 13.0 Å². The van der Waals surface area contributed by atoms with E-state index >= 15 is 0 Å². The first-order valence-electron chi connectivity index (χ1n) is 8.93. The molecule has 0 N–H and O–H groups in total. The second-order valence-electron chi connectivity index (χ2n) is 6.96. The van der Waals surface area contributed by atoms with E-state index in [9.17, 15) is 0 Å². The van der Waals surface area contributed by atoms with E-state index in [1.54, 1.807) is 23.1 Å². The zero-order chi connectivity index (χ0) is 18.1. The molecule has 0 saturated carbocycles. The van der Waals surface area contributed by atoms with E-state index in [0.29, 0.717) is 0 Å². The third kappa shape index (κ3) is 3.88. The molecule has 1 aromatic carbocycles. The minimum atomic E-state index is 0.760. The molecule has 1 saturated heterocycles. The van der Waals surface area contributed by atoms with Crippen molar-refractivity contribution in [2.45, 2.75) is 36.5 Å². The predicted octanol–water partition coefficient (Wildman–Crippen LogP) is 4.54. The minimum absolute atomic E-state index is 0.760. The Morgan fingerprint density at radius 3 is 3.00 bits per heavy atom. The van der Waals surface area contributed by atoms with Crippen LogP contribution in [0.5, 0.6) is 0 Å². The molecule has 4 rings (SSSR count). The monoisotopic (exact) mass is 405 g/mol. The SMILES string of the molecule is CC1CCCN(Cn2nc(CSc3nc4ccccc4s3)n(C)c2=S)C1. The Hall–Kier alpha value is -1.22. The second-order valence-corrected chi connectivity index (χ2v) is 9.58. The molecule has 1 fully saturated rings. The van der Waals surface area contributed by atoms with Crippen LogP contribution in [0.25, 0.3) is 10.2 Å². The van der Waals surface area contributed by atoms with E-state index in [-0.39, 0.29) is 0 Å². The first-order valence-corrected chi connectivity index (χ1v) is 11.1. The van der Waals surface area contributed by atoms with Gasteiger partial charge in [-0.25, -0.2) is 9.67 Å². The van der Waals surface area contributed by atoms with E-state index in [0.717, 1.165) is 51.9 Å². The lowest BCUT2D eigenvalue weighted by Crippen LogP contribution is -2.36. The number of likely N-dealkylation sites (tertiary alicyclic amines) is 1. The molecule has 8 heteroatoms. The number of thioether (sulfide) groups is 1. The molecule has 0 spiro atoms. The lowest BCUT2D eigenvalue weighted by atomic mass is 10.0. The van der Waals surface area contributed by atoms with Crippen LogP contribution in [0.15, 0.2) is 28.6 Å². The number of para-hydroxylation sites is 1. The second kappa shape index (κ2) is 7.80. The van der Waals surface area contributed by atoms with Crippen LogP contribution in [-0.4, -0.2) is 37.3 Å². The maximum Gasteiger partial charge on any atom is 0.198 e. The van der Waals surface area contributed by atoms with Gasteiger partial charge in [-0.1, -0.05) is 30.8 Å². The quantitative estimate of drug-likeness (QED) is 0.460. The predicted molar refractivity (Wildman–Crippen MR) is 111 cm³/mol. The summed E-state index contributed by atoms with van der Waals surface area (Å²) in [5.74, 6) is 2.55. The maximum atomic E-state index is 5.61. The summed E-state index contributed by atoms with van der Waals surface area (Å²) in [6.45, 7) is 5.39. The summed E-state index contributed by atoms with van der Waals surface area (Å²) >= 11 is 9.08. The van der Waals surface area contributed by atoms with Crippen LogP contribution in [0, 0.1) is 10.7 Å². The molecule has 138 valence electrons. The lowest BCUT2D eigenvalue weighted by molar-refractivity contribution is 0.138. The van der Waals surface area contributed by atoms with Gasteiger partial charge in [-0.15, -0.1) is 11.3 Å². The van der Waals surface area contributed by atoms with Gasteiger partial charge in [0.1, 0.15) is 5.82 Å². The topological polar surface area (TPSA) is 38.9 Å². The largest absolute Gasteiger partial charge is 0.306 e. The van der Waals surface area contributed by atoms with Gasteiger partial charge in [-0.3, -0.25) is 4.90 Å². The van der Waals surface area contributed by atoms with Crippen LogP contribution >= 0.6 is 35.3 Å². The Bertz CT molecular complexity index is 924. The van der Waals surface area contributed by atoms with Crippen LogP contribution in [0.1, 0.15) is 25.6 Å². The van der Waals surface area contributed by atoms with Crippen LogP contribution in [0.4, 0.5) is 0 Å². The molecule has 1 aliphatic heterocycles. The highest BCUT2D eigenvalue weighted by Crippen LogP contribution is 2.31. The molecular formula is C18H23N5S3. The number of hydrogen-bond acceptors (Lipinski definition) is 6. The normalized spacial score (nSPS) is 18.6. The highest BCUT2D eigenvalue weighted by atomic mass is 32.2. The van der Waals surface area contributed by atoms with Crippen molar-refractivity contribution in [3.05, 3.63) is 34.9 Å². The third-order valence-electron chi connectivity index (χ3n) is 4.81. The molecule has 1 atom stereocenters. The van der Waals surface area contributed by atoms with E-state index in [2.05, 4.69) is 30.0 Å². The van der Waals surface area contributed by atoms with Crippen LogP contribution < -0.4 is 0 Å². The fraction of sp³-hybridized carbons (Fsp3) is 0.500. The van der Waals surface area contributed by atoms with E-state index in [4.69, 9.17) is 22.3 Å². The average molecular weight is 406 g/mol. The summed E-state index contributed by atoms with van der Waals surface area (Å²) < 4.78 is 7.11. The summed E-state index contributed by atoms with van der Waals surface area (Å²) in [4.78, 5) is 7.15. The first-order chi connectivity index (χ1) is 12.6. The van der Waals surface area contributed by atoms with E-state index in [1.165, 1.54) is 17.5 Å². The first kappa shape index (κ1) is 18.2. The summed E-state index contributed by atoms with van der Waals surface area (Å²) in [5, 5.41) is 4.79. The van der Waals surface area contributed by atoms with Crippen molar-refractivity contribution in [2.75, 3.05) is 13.1 Å². The summed E-state index contributed by atoms with van der Waals surface area (Å²) in [6, 6.07) is 8.27. The van der Waals surface area contributed by atoms with Crippen molar-refractivity contribution in [1.82, 2.24) is 24.2 Å². The number of thiazole rings is 1. The Labute approximate surface area is 167 Å². The minimum Gasteiger partial charge on any atom is -0.306 e. The van der Waals surface area contributed by atoms with Gasteiger partial charge in [0.05, 0.1) is 22.6 Å². The maximum absolute atomic E-state index is 5.61. The number of fused-ring (bicyclic) bond motifs is 1. The molecule has 3 heterocycles. The molecule has 0 radical (unpaired) electrons. The van der Waals surface area contributed by atoms with Crippen molar-refractivity contribution in [1.29, 1.82) is 0 Å². The van der Waals surface area contributed by atoms with E-state index in [1.807, 2.05) is 22.4 Å². The fourth-order valence-corrected chi connectivity index (χ4v) is 5.64. The van der Waals surface area contributed by atoms with E-state index < -0.39 is 0 Å². The summed E-state index contributed by atoms with van der Waals surface area (Å²) in [6.07, 6.45) is 2.59. The highest BCUT2D eigenvalue weighted by molar-refractivity contribution is 8.00. The molecule has 5 nitrogen and oxygen atoms in total. The molecule has 0 aliphatic carbocycles. The number of hydrogen-bond donors (Lipinski definition) is 0. The number of rotatable bonds is 5. The molecule has 1 aliphatic rings. The number of aromatic nitrogens is 4. The van der Waals surface area contributed by atoms with Gasteiger partial charge in [0.15, 0.2) is 9.11 Å². The number of benzene rings is 1. The zero-order valence-corrected chi connectivity index (χ0v) is 17.5. The van der Waals surface area contributed by atoms with Gasteiger partial charge >= 0.3 is 0 Å². The van der Waals surface area contributed by atoms with Gasteiger partial charge in [-0.05, 0) is 49.7 Å². The molecule has 0 bridgehead atoms. The zero-order valence-electron chi connectivity index (χ0n) is 15.1. The molecule has 26 heavy (non-hydrogen) atoms. The van der Waals surface area contributed by atoms with Crippen molar-refractivity contribution >= 4 is 45.5 Å². The molecular weight excluding hydrogens is 382 g/mol. The van der Waals surface area contributed by atoms with Crippen molar-refractivity contribution in [3.8, 4) is 0 Å². The third-order valence-corrected chi connectivity index (χ3v) is 7.47. The number of nitrogens with zero attached hydrogens (tertiary/aromatic N) is 5. The van der Waals surface area contributed by atoms with Crippen LogP contribution in [-0.2, 0) is 19.5 Å². The lowest BCUT2D eigenvalue weighted by Gasteiger charge is -2.30. The molecule has 2 aromatic heterocycles. The van der Waals surface area contributed by atoms with Crippen molar-refractivity contribution in [3.63, 3.8) is 0 Å². The van der Waals surface area contributed by atoms with Gasteiger partial charge in [-0.2, -0.15) is 5.10 Å².